The summed E-state index contributed by atoms with van der Waals surface area (Å²) in [7, 11) is 0. The molecule has 7 nitrogen and oxygen atoms in total. The molecule has 0 spiro atoms. The minimum absolute atomic E-state index is 0.00718. The SMILES string of the molecule is CCOC(=O)c1nnnn1CC(C)O. The number of nitrogens with zero attached hydrogens (tertiary/aromatic N) is 4. The first-order chi connectivity index (χ1) is 6.65. The number of ether oxygens (including phenoxy) is 1. The molecule has 0 aromatic carbocycles. The Labute approximate surface area is 80.7 Å². The van der Waals surface area contributed by atoms with Gasteiger partial charge in [-0.25, -0.2) is 9.48 Å². The fraction of sp³-hybridized carbons (Fsp3) is 0.714. The Bertz CT molecular complexity index is 310. The highest BCUT2D eigenvalue weighted by Gasteiger charge is 2.17. The van der Waals surface area contributed by atoms with Crippen LogP contribution in [0.15, 0.2) is 0 Å². The van der Waals surface area contributed by atoms with Crippen molar-refractivity contribution in [2.75, 3.05) is 6.61 Å². The van der Waals surface area contributed by atoms with E-state index in [0.717, 1.165) is 0 Å². The lowest BCUT2D eigenvalue weighted by molar-refractivity contribution is 0.0499. The quantitative estimate of drug-likeness (QED) is 0.642. The van der Waals surface area contributed by atoms with Crippen LogP contribution in [-0.4, -0.2) is 44.0 Å². The molecule has 1 heterocycles. The fourth-order valence-corrected chi connectivity index (χ4v) is 0.920. The van der Waals surface area contributed by atoms with Gasteiger partial charge in [0, 0.05) is 0 Å². The predicted molar refractivity (Wildman–Crippen MR) is 45.5 cm³/mol. The normalized spacial score (nSPS) is 12.5. The number of carbonyl (C=O) groups is 1. The molecule has 1 rings (SSSR count). The molecule has 7 heteroatoms. The number of hydrogen-bond donors (Lipinski definition) is 1. The molecule has 0 saturated heterocycles. The van der Waals surface area contributed by atoms with Gasteiger partial charge in [-0.3, -0.25) is 0 Å². The lowest BCUT2D eigenvalue weighted by Crippen LogP contribution is -2.19. The smallest absolute Gasteiger partial charge is 0.378 e. The first kappa shape index (κ1) is 10.6. The van der Waals surface area contributed by atoms with E-state index in [2.05, 4.69) is 15.5 Å². The van der Waals surface area contributed by atoms with Gasteiger partial charge >= 0.3 is 5.97 Å². The zero-order chi connectivity index (χ0) is 10.6. The van der Waals surface area contributed by atoms with Gasteiger partial charge in [0.15, 0.2) is 0 Å². The molecular weight excluding hydrogens is 188 g/mol. The van der Waals surface area contributed by atoms with Crippen LogP contribution in [0.3, 0.4) is 0 Å². The summed E-state index contributed by atoms with van der Waals surface area (Å²) in [5.41, 5.74) is 0. The summed E-state index contributed by atoms with van der Waals surface area (Å²) in [6.07, 6.45) is -0.619. The van der Waals surface area contributed by atoms with Gasteiger partial charge in [0.05, 0.1) is 19.3 Å². The van der Waals surface area contributed by atoms with E-state index in [1.54, 1.807) is 13.8 Å². The Morgan fingerprint density at radius 2 is 2.43 bits per heavy atom. The van der Waals surface area contributed by atoms with Crippen molar-refractivity contribution in [1.29, 1.82) is 0 Å². The molecule has 0 saturated carbocycles. The van der Waals surface area contributed by atoms with Crippen LogP contribution in [0.5, 0.6) is 0 Å². The monoisotopic (exact) mass is 200 g/mol. The number of aliphatic hydroxyl groups excluding tert-OH is 1. The summed E-state index contributed by atoms with van der Waals surface area (Å²) >= 11 is 0. The molecule has 0 radical (unpaired) electrons. The molecular formula is C7H12N4O3. The van der Waals surface area contributed by atoms with E-state index >= 15 is 0 Å². The molecule has 0 amide bonds. The molecule has 0 aliphatic rings. The standard InChI is InChI=1S/C7H12N4O3/c1-3-14-7(13)6-8-9-10-11(6)4-5(2)12/h5,12H,3-4H2,1-2H3. The average molecular weight is 200 g/mol. The average Bonchev–Trinajstić information content (AvgIpc) is 2.51. The fourth-order valence-electron chi connectivity index (χ4n) is 0.920. The Morgan fingerprint density at radius 1 is 1.71 bits per heavy atom. The highest BCUT2D eigenvalue weighted by atomic mass is 16.5. The zero-order valence-electron chi connectivity index (χ0n) is 8.04. The first-order valence-corrected chi connectivity index (χ1v) is 4.26. The minimum Gasteiger partial charge on any atom is -0.460 e. The van der Waals surface area contributed by atoms with E-state index in [-0.39, 0.29) is 19.0 Å². The van der Waals surface area contributed by atoms with Gasteiger partial charge in [-0.2, -0.15) is 0 Å². The Morgan fingerprint density at radius 3 is 3.00 bits per heavy atom. The van der Waals surface area contributed by atoms with Crippen LogP contribution in [0.4, 0.5) is 0 Å². The summed E-state index contributed by atoms with van der Waals surface area (Å²) in [4.78, 5) is 11.2. The molecule has 1 unspecified atom stereocenters. The molecule has 0 bridgehead atoms. The molecule has 1 N–H and O–H groups in total. The second kappa shape index (κ2) is 4.66. The molecule has 78 valence electrons. The highest BCUT2D eigenvalue weighted by molar-refractivity contribution is 5.85. The van der Waals surface area contributed by atoms with Crippen molar-refractivity contribution >= 4 is 5.97 Å². The number of esters is 1. The maximum Gasteiger partial charge on any atom is 0.378 e. The van der Waals surface area contributed by atoms with Crippen molar-refractivity contribution in [3.8, 4) is 0 Å². The zero-order valence-corrected chi connectivity index (χ0v) is 8.04. The molecule has 0 aliphatic heterocycles. The number of hydrogen-bond acceptors (Lipinski definition) is 6. The Kier molecular flexibility index (Phi) is 3.52. The van der Waals surface area contributed by atoms with Gasteiger partial charge in [0.25, 0.3) is 5.82 Å². The lowest BCUT2D eigenvalue weighted by atomic mass is 10.4. The van der Waals surface area contributed by atoms with Crippen molar-refractivity contribution < 1.29 is 14.6 Å². The van der Waals surface area contributed by atoms with E-state index in [4.69, 9.17) is 9.84 Å². The number of tetrazole rings is 1. The summed E-state index contributed by atoms with van der Waals surface area (Å²) in [6.45, 7) is 3.71. The second-order valence-electron chi connectivity index (χ2n) is 2.75. The van der Waals surface area contributed by atoms with Crippen LogP contribution >= 0.6 is 0 Å². The summed E-state index contributed by atoms with van der Waals surface area (Å²) < 4.78 is 5.94. The maximum atomic E-state index is 11.2. The summed E-state index contributed by atoms with van der Waals surface area (Å²) in [6, 6.07) is 0. The van der Waals surface area contributed by atoms with Crippen LogP contribution in [0.2, 0.25) is 0 Å². The molecule has 0 aliphatic carbocycles. The van der Waals surface area contributed by atoms with E-state index in [0.29, 0.717) is 0 Å². The topological polar surface area (TPSA) is 90.1 Å². The van der Waals surface area contributed by atoms with Crippen molar-refractivity contribution in [2.24, 2.45) is 0 Å². The van der Waals surface area contributed by atoms with Crippen LogP contribution in [0.1, 0.15) is 24.5 Å². The number of rotatable bonds is 4. The molecule has 1 aromatic heterocycles. The van der Waals surface area contributed by atoms with Gasteiger partial charge < -0.3 is 9.84 Å². The Hall–Kier alpha value is -1.50. The number of aromatic nitrogens is 4. The van der Waals surface area contributed by atoms with Crippen LogP contribution in [-0.2, 0) is 11.3 Å². The second-order valence-corrected chi connectivity index (χ2v) is 2.75. The molecule has 1 atom stereocenters. The van der Waals surface area contributed by atoms with Gasteiger partial charge in [0.1, 0.15) is 0 Å². The number of aliphatic hydroxyl groups is 1. The summed E-state index contributed by atoms with van der Waals surface area (Å²) in [5.74, 6) is -0.578. The van der Waals surface area contributed by atoms with Crippen LogP contribution in [0, 0.1) is 0 Å². The molecule has 0 fully saturated rings. The summed E-state index contributed by atoms with van der Waals surface area (Å²) in [5, 5.41) is 19.5. The van der Waals surface area contributed by atoms with Crippen LogP contribution < -0.4 is 0 Å². The van der Waals surface area contributed by atoms with Crippen molar-refractivity contribution in [3.05, 3.63) is 5.82 Å². The van der Waals surface area contributed by atoms with E-state index in [1.165, 1.54) is 4.68 Å². The molecule has 14 heavy (non-hydrogen) atoms. The minimum atomic E-state index is -0.619. The number of carbonyl (C=O) groups excluding carboxylic acids is 1. The third kappa shape index (κ3) is 2.49. The van der Waals surface area contributed by atoms with Crippen molar-refractivity contribution in [1.82, 2.24) is 20.2 Å². The van der Waals surface area contributed by atoms with E-state index in [9.17, 15) is 4.79 Å². The third-order valence-corrected chi connectivity index (χ3v) is 1.43. The largest absolute Gasteiger partial charge is 0.460 e. The van der Waals surface area contributed by atoms with Gasteiger partial charge in [-0.15, -0.1) is 5.10 Å². The van der Waals surface area contributed by atoms with Gasteiger partial charge in [-0.1, -0.05) is 0 Å². The Balaban J connectivity index is 2.76. The van der Waals surface area contributed by atoms with E-state index < -0.39 is 12.1 Å². The van der Waals surface area contributed by atoms with E-state index in [1.807, 2.05) is 0 Å². The lowest BCUT2D eigenvalue weighted by Gasteiger charge is -2.05. The van der Waals surface area contributed by atoms with Gasteiger partial charge in [-0.05, 0) is 24.3 Å². The predicted octanol–water partition coefficient (Wildman–Crippen LogP) is -0.769. The van der Waals surface area contributed by atoms with Crippen molar-refractivity contribution in [2.45, 2.75) is 26.5 Å². The van der Waals surface area contributed by atoms with Crippen molar-refractivity contribution in [3.63, 3.8) is 0 Å². The molecule has 1 aromatic rings. The van der Waals surface area contributed by atoms with Gasteiger partial charge in [0.2, 0.25) is 0 Å². The highest BCUT2D eigenvalue weighted by Crippen LogP contribution is 1.97. The van der Waals surface area contributed by atoms with Crippen LogP contribution in [0.25, 0.3) is 0 Å². The maximum absolute atomic E-state index is 11.2. The third-order valence-electron chi connectivity index (χ3n) is 1.43. The first-order valence-electron chi connectivity index (χ1n) is 4.26.